The average Bonchev–Trinajstić information content (AvgIpc) is 3.15. The number of hydrogen-bond donors (Lipinski definition) is 2. The standard InChI is InChI=1S/C19H16N4O3/c24-18(22-14-6-7-16-17(10-14)26-12-25-16)15-8-9-20-19(23-15)21-11-13-4-2-1-3-5-13/h1-10H,11-12H2,(H,22,24)(H,20,21,23). The van der Waals surface area contributed by atoms with Gasteiger partial charge in [-0.1, -0.05) is 30.3 Å². The number of fused-ring (bicyclic) bond motifs is 1. The van der Waals surface area contributed by atoms with Crippen molar-refractivity contribution in [3.05, 3.63) is 72.1 Å². The summed E-state index contributed by atoms with van der Waals surface area (Å²) in [6, 6.07) is 16.7. The zero-order chi connectivity index (χ0) is 17.8. The van der Waals surface area contributed by atoms with Gasteiger partial charge in [0.05, 0.1) is 0 Å². The van der Waals surface area contributed by atoms with E-state index in [1.165, 1.54) is 0 Å². The molecule has 0 spiro atoms. The Morgan fingerprint density at radius 2 is 1.88 bits per heavy atom. The Hall–Kier alpha value is -3.61. The summed E-state index contributed by atoms with van der Waals surface area (Å²) in [5, 5.41) is 5.91. The van der Waals surface area contributed by atoms with E-state index in [-0.39, 0.29) is 18.4 Å². The summed E-state index contributed by atoms with van der Waals surface area (Å²) in [6.07, 6.45) is 1.55. The smallest absolute Gasteiger partial charge is 0.274 e. The van der Waals surface area contributed by atoms with Crippen LogP contribution in [-0.2, 0) is 6.54 Å². The fourth-order valence-corrected chi connectivity index (χ4v) is 2.52. The molecule has 0 saturated heterocycles. The Morgan fingerprint density at radius 1 is 1.04 bits per heavy atom. The van der Waals surface area contributed by atoms with Gasteiger partial charge in [-0.25, -0.2) is 9.97 Å². The molecule has 0 atom stereocenters. The van der Waals surface area contributed by atoms with Gasteiger partial charge in [-0.2, -0.15) is 0 Å². The van der Waals surface area contributed by atoms with Gasteiger partial charge in [-0.05, 0) is 23.8 Å². The lowest BCUT2D eigenvalue weighted by atomic mass is 10.2. The van der Waals surface area contributed by atoms with Gasteiger partial charge in [0.15, 0.2) is 11.5 Å². The fraction of sp³-hybridized carbons (Fsp3) is 0.105. The minimum absolute atomic E-state index is 0.190. The Bertz CT molecular complexity index is 931. The number of ether oxygens (including phenoxy) is 2. The lowest BCUT2D eigenvalue weighted by Gasteiger charge is -2.08. The quantitative estimate of drug-likeness (QED) is 0.737. The molecule has 1 aliphatic heterocycles. The summed E-state index contributed by atoms with van der Waals surface area (Å²) >= 11 is 0. The van der Waals surface area contributed by atoms with Crippen LogP contribution in [0.15, 0.2) is 60.8 Å². The van der Waals surface area contributed by atoms with Crippen LogP contribution in [0.3, 0.4) is 0 Å². The molecular weight excluding hydrogens is 332 g/mol. The number of nitrogens with zero attached hydrogens (tertiary/aromatic N) is 2. The minimum atomic E-state index is -0.325. The highest BCUT2D eigenvalue weighted by molar-refractivity contribution is 6.03. The number of rotatable bonds is 5. The molecule has 130 valence electrons. The van der Waals surface area contributed by atoms with Crippen molar-refractivity contribution in [1.29, 1.82) is 0 Å². The van der Waals surface area contributed by atoms with E-state index >= 15 is 0 Å². The van der Waals surface area contributed by atoms with Crippen molar-refractivity contribution in [2.75, 3.05) is 17.4 Å². The maximum absolute atomic E-state index is 12.4. The lowest BCUT2D eigenvalue weighted by Crippen LogP contribution is -2.15. The summed E-state index contributed by atoms with van der Waals surface area (Å²) in [5.41, 5.74) is 1.98. The SMILES string of the molecule is O=C(Nc1ccc2c(c1)OCO2)c1ccnc(NCc2ccccc2)n1. The Morgan fingerprint density at radius 3 is 2.77 bits per heavy atom. The molecule has 4 rings (SSSR count). The summed E-state index contributed by atoms with van der Waals surface area (Å²) < 4.78 is 10.6. The van der Waals surface area contributed by atoms with Crippen molar-refractivity contribution in [2.45, 2.75) is 6.54 Å². The molecule has 1 aromatic heterocycles. The van der Waals surface area contributed by atoms with Crippen LogP contribution >= 0.6 is 0 Å². The van der Waals surface area contributed by atoms with Crippen molar-refractivity contribution in [1.82, 2.24) is 9.97 Å². The van der Waals surface area contributed by atoms with Gasteiger partial charge in [0, 0.05) is 24.5 Å². The van der Waals surface area contributed by atoms with Gasteiger partial charge < -0.3 is 20.1 Å². The van der Waals surface area contributed by atoms with Crippen LogP contribution < -0.4 is 20.1 Å². The maximum Gasteiger partial charge on any atom is 0.274 e. The molecule has 0 fully saturated rings. The van der Waals surface area contributed by atoms with E-state index in [9.17, 15) is 4.79 Å². The van der Waals surface area contributed by atoms with Crippen LogP contribution in [0.5, 0.6) is 11.5 Å². The molecule has 2 heterocycles. The topological polar surface area (TPSA) is 85.4 Å². The normalized spacial score (nSPS) is 11.8. The maximum atomic E-state index is 12.4. The van der Waals surface area contributed by atoms with Crippen molar-refractivity contribution in [3.8, 4) is 11.5 Å². The second-order valence-corrected chi connectivity index (χ2v) is 5.63. The predicted molar refractivity (Wildman–Crippen MR) is 96.3 cm³/mol. The molecule has 26 heavy (non-hydrogen) atoms. The molecule has 2 aromatic carbocycles. The van der Waals surface area contributed by atoms with Gasteiger partial charge in [0.1, 0.15) is 5.69 Å². The summed E-state index contributed by atoms with van der Waals surface area (Å²) in [5.74, 6) is 1.34. The largest absolute Gasteiger partial charge is 0.454 e. The highest BCUT2D eigenvalue weighted by atomic mass is 16.7. The highest BCUT2D eigenvalue weighted by Crippen LogP contribution is 2.34. The number of carbonyl (C=O) groups excluding carboxylic acids is 1. The molecule has 0 unspecified atom stereocenters. The first kappa shape index (κ1) is 15.9. The number of nitrogens with one attached hydrogen (secondary N) is 2. The van der Waals surface area contributed by atoms with E-state index in [1.807, 2.05) is 30.3 Å². The number of aromatic nitrogens is 2. The molecule has 7 heteroatoms. The van der Waals surface area contributed by atoms with E-state index < -0.39 is 0 Å². The first-order valence-electron chi connectivity index (χ1n) is 8.10. The van der Waals surface area contributed by atoms with Crippen molar-refractivity contribution in [2.24, 2.45) is 0 Å². The highest BCUT2D eigenvalue weighted by Gasteiger charge is 2.15. The van der Waals surface area contributed by atoms with Crippen molar-refractivity contribution >= 4 is 17.5 Å². The van der Waals surface area contributed by atoms with Gasteiger partial charge in [-0.3, -0.25) is 4.79 Å². The van der Waals surface area contributed by atoms with Crippen molar-refractivity contribution in [3.63, 3.8) is 0 Å². The molecule has 0 bridgehead atoms. The molecule has 3 aromatic rings. The van der Waals surface area contributed by atoms with Crippen LogP contribution in [0.2, 0.25) is 0 Å². The third-order valence-electron chi connectivity index (χ3n) is 3.81. The Kier molecular flexibility index (Phi) is 4.34. The summed E-state index contributed by atoms with van der Waals surface area (Å²) in [7, 11) is 0. The zero-order valence-corrected chi connectivity index (χ0v) is 13.8. The average molecular weight is 348 g/mol. The predicted octanol–water partition coefficient (Wildman–Crippen LogP) is 3.07. The molecule has 1 amide bonds. The molecule has 7 nitrogen and oxygen atoms in total. The monoisotopic (exact) mass is 348 g/mol. The lowest BCUT2D eigenvalue weighted by molar-refractivity contribution is 0.102. The molecule has 0 saturated carbocycles. The van der Waals surface area contributed by atoms with Gasteiger partial charge >= 0.3 is 0 Å². The van der Waals surface area contributed by atoms with Crippen LogP contribution in [0.4, 0.5) is 11.6 Å². The third kappa shape index (κ3) is 3.56. The van der Waals surface area contributed by atoms with Crippen molar-refractivity contribution < 1.29 is 14.3 Å². The molecule has 0 radical (unpaired) electrons. The molecule has 0 aliphatic carbocycles. The van der Waals surface area contributed by atoms with Crippen LogP contribution in [0, 0.1) is 0 Å². The second kappa shape index (κ2) is 7.10. The first-order valence-corrected chi connectivity index (χ1v) is 8.10. The number of anilines is 2. The minimum Gasteiger partial charge on any atom is -0.454 e. The number of hydrogen-bond acceptors (Lipinski definition) is 6. The van der Waals surface area contributed by atoms with E-state index in [0.717, 1.165) is 5.56 Å². The zero-order valence-electron chi connectivity index (χ0n) is 13.8. The number of benzene rings is 2. The Labute approximate surface area is 150 Å². The van der Waals surface area contributed by atoms with Crippen LogP contribution in [-0.4, -0.2) is 22.7 Å². The van der Waals surface area contributed by atoms with Crippen LogP contribution in [0.25, 0.3) is 0 Å². The molecular formula is C19H16N4O3. The van der Waals surface area contributed by atoms with E-state index in [4.69, 9.17) is 9.47 Å². The summed E-state index contributed by atoms with van der Waals surface area (Å²) in [6.45, 7) is 0.767. The summed E-state index contributed by atoms with van der Waals surface area (Å²) in [4.78, 5) is 20.9. The number of amides is 1. The van der Waals surface area contributed by atoms with E-state index in [0.29, 0.717) is 29.7 Å². The van der Waals surface area contributed by atoms with Crippen LogP contribution in [0.1, 0.15) is 16.1 Å². The van der Waals surface area contributed by atoms with Gasteiger partial charge in [0.25, 0.3) is 5.91 Å². The first-order chi connectivity index (χ1) is 12.8. The fourth-order valence-electron chi connectivity index (χ4n) is 2.52. The third-order valence-corrected chi connectivity index (χ3v) is 3.81. The van der Waals surface area contributed by atoms with Gasteiger partial charge in [-0.15, -0.1) is 0 Å². The molecule has 1 aliphatic rings. The van der Waals surface area contributed by atoms with Gasteiger partial charge in [0.2, 0.25) is 12.7 Å². The number of carbonyl (C=O) groups is 1. The molecule has 2 N–H and O–H groups in total. The van der Waals surface area contributed by atoms with E-state index in [2.05, 4.69) is 20.6 Å². The van der Waals surface area contributed by atoms with E-state index in [1.54, 1.807) is 30.5 Å². The Balaban J connectivity index is 1.43. The second-order valence-electron chi connectivity index (χ2n) is 5.63.